The van der Waals surface area contributed by atoms with Crippen molar-refractivity contribution in [2.24, 2.45) is 0 Å². The van der Waals surface area contributed by atoms with Crippen molar-refractivity contribution in [3.63, 3.8) is 0 Å². The molecule has 0 saturated heterocycles. The molecule has 0 N–H and O–H groups in total. The van der Waals surface area contributed by atoms with Crippen molar-refractivity contribution in [3.05, 3.63) is 35.5 Å². The van der Waals surface area contributed by atoms with Crippen molar-refractivity contribution in [1.82, 2.24) is 4.48 Å². The van der Waals surface area contributed by atoms with E-state index in [2.05, 4.69) is 51.4 Å². The van der Waals surface area contributed by atoms with Gasteiger partial charge in [-0.25, -0.2) is 0 Å². The van der Waals surface area contributed by atoms with Gasteiger partial charge in [0.15, 0.2) is 0 Å². The van der Waals surface area contributed by atoms with Crippen molar-refractivity contribution < 1.29 is 0 Å². The lowest BCUT2D eigenvalue weighted by atomic mass is 10.2. The van der Waals surface area contributed by atoms with Crippen molar-refractivity contribution in [2.75, 3.05) is 14.1 Å². The molecule has 1 aliphatic heterocycles. The summed E-state index contributed by atoms with van der Waals surface area (Å²) in [4.78, 5) is 0. The van der Waals surface area contributed by atoms with Crippen molar-refractivity contribution >= 4 is 11.8 Å². The lowest BCUT2D eigenvalue weighted by molar-refractivity contribution is 0.508. The summed E-state index contributed by atoms with van der Waals surface area (Å²) in [5.74, 6) is 0. The van der Waals surface area contributed by atoms with Gasteiger partial charge in [-0.1, -0.05) is 12.1 Å². The molecule has 0 atom stereocenters. The van der Waals surface area contributed by atoms with Crippen LogP contribution in [0.4, 0.5) is 5.69 Å². The van der Waals surface area contributed by atoms with Gasteiger partial charge in [0.1, 0.15) is 11.4 Å². The molecule has 1 heterocycles. The first-order valence-electron chi connectivity index (χ1n) is 4.25. The lowest BCUT2D eigenvalue weighted by Crippen LogP contribution is -2.35. The molecule has 0 radical (unpaired) electrons. The van der Waals surface area contributed by atoms with E-state index >= 15 is 0 Å². The van der Waals surface area contributed by atoms with Crippen molar-refractivity contribution in [3.8, 4) is 0 Å². The van der Waals surface area contributed by atoms with Crippen LogP contribution in [0, 0.1) is 0 Å². The fourth-order valence-corrected chi connectivity index (χ4v) is 1.70. The number of rotatable bonds is 0. The molecule has 0 aliphatic carbocycles. The van der Waals surface area contributed by atoms with Crippen LogP contribution in [0.3, 0.4) is 0 Å². The SMILES string of the molecule is CC1=Cc2ccccc2[N+]1(C)C. The second kappa shape index (κ2) is 2.20. The molecule has 0 unspecified atom stereocenters. The number of fused-ring (bicyclic) bond motifs is 1. The summed E-state index contributed by atoms with van der Waals surface area (Å²) in [6.45, 7) is 2.18. The van der Waals surface area contributed by atoms with E-state index in [1.807, 2.05) is 0 Å². The molecule has 0 aromatic heterocycles. The maximum Gasteiger partial charge on any atom is 0.144 e. The van der Waals surface area contributed by atoms with Gasteiger partial charge in [-0.3, -0.25) is 4.48 Å². The normalized spacial score (nSPS) is 18.8. The van der Waals surface area contributed by atoms with Crippen LogP contribution in [0.15, 0.2) is 30.0 Å². The van der Waals surface area contributed by atoms with Gasteiger partial charge in [-0.15, -0.1) is 0 Å². The number of hydrogen-bond donors (Lipinski definition) is 0. The molecule has 62 valence electrons. The van der Waals surface area contributed by atoms with Crippen LogP contribution in [-0.2, 0) is 0 Å². The van der Waals surface area contributed by atoms with E-state index in [1.165, 1.54) is 16.9 Å². The van der Waals surface area contributed by atoms with E-state index < -0.39 is 0 Å². The van der Waals surface area contributed by atoms with Crippen molar-refractivity contribution in [2.45, 2.75) is 6.92 Å². The van der Waals surface area contributed by atoms with Crippen LogP contribution in [0.5, 0.6) is 0 Å². The van der Waals surface area contributed by atoms with Crippen molar-refractivity contribution in [1.29, 1.82) is 0 Å². The first kappa shape index (κ1) is 7.56. The maximum atomic E-state index is 2.26. The highest BCUT2D eigenvalue weighted by molar-refractivity contribution is 5.75. The van der Waals surface area contributed by atoms with Crippen LogP contribution in [-0.4, -0.2) is 14.1 Å². The highest BCUT2D eigenvalue weighted by atomic mass is 15.3. The van der Waals surface area contributed by atoms with Crippen LogP contribution < -0.4 is 4.48 Å². The fourth-order valence-electron chi connectivity index (χ4n) is 1.70. The molecule has 1 aromatic carbocycles. The Labute approximate surface area is 73.5 Å². The molecule has 0 saturated carbocycles. The Balaban J connectivity index is 2.66. The van der Waals surface area contributed by atoms with Gasteiger partial charge >= 0.3 is 0 Å². The van der Waals surface area contributed by atoms with Gasteiger partial charge in [0.2, 0.25) is 0 Å². The van der Waals surface area contributed by atoms with E-state index in [4.69, 9.17) is 0 Å². The predicted molar refractivity (Wildman–Crippen MR) is 53.7 cm³/mol. The topological polar surface area (TPSA) is 0 Å². The number of benzene rings is 1. The number of nitrogens with zero attached hydrogens (tertiary/aromatic N) is 1. The third-order valence-corrected chi connectivity index (χ3v) is 2.79. The zero-order valence-corrected chi connectivity index (χ0v) is 7.83. The summed E-state index contributed by atoms with van der Waals surface area (Å²) in [6.07, 6.45) is 2.26. The first-order valence-corrected chi connectivity index (χ1v) is 4.25. The number of hydrogen-bond acceptors (Lipinski definition) is 0. The Morgan fingerprint density at radius 3 is 2.42 bits per heavy atom. The van der Waals surface area contributed by atoms with E-state index in [9.17, 15) is 0 Å². The highest BCUT2D eigenvalue weighted by Crippen LogP contribution is 2.36. The van der Waals surface area contributed by atoms with Crippen LogP contribution in [0.25, 0.3) is 6.08 Å². The summed E-state index contributed by atoms with van der Waals surface area (Å²) in [5, 5.41) is 0. The summed E-state index contributed by atoms with van der Waals surface area (Å²) >= 11 is 0. The van der Waals surface area contributed by atoms with E-state index in [1.54, 1.807) is 0 Å². The second-order valence-corrected chi connectivity index (χ2v) is 3.80. The molecule has 0 spiro atoms. The number of allylic oxidation sites excluding steroid dienone is 1. The summed E-state index contributed by atoms with van der Waals surface area (Å²) in [6, 6.07) is 8.56. The molecular formula is C11H14N+. The zero-order valence-electron chi connectivity index (χ0n) is 7.83. The molecule has 12 heavy (non-hydrogen) atoms. The molecule has 0 amide bonds. The zero-order chi connectivity index (χ0) is 8.77. The minimum absolute atomic E-state index is 0.899. The first-order chi connectivity index (χ1) is 5.62. The second-order valence-electron chi connectivity index (χ2n) is 3.80. The molecular weight excluding hydrogens is 146 g/mol. The third kappa shape index (κ3) is 0.833. The molecule has 1 aromatic rings. The Morgan fingerprint density at radius 2 is 1.75 bits per heavy atom. The van der Waals surface area contributed by atoms with Gasteiger partial charge in [0, 0.05) is 24.6 Å². The molecule has 1 nitrogen and oxygen atoms in total. The van der Waals surface area contributed by atoms with Crippen LogP contribution in [0.1, 0.15) is 12.5 Å². The van der Waals surface area contributed by atoms with Gasteiger partial charge in [0.25, 0.3) is 0 Å². The smallest absolute Gasteiger partial charge is 0.144 e. The van der Waals surface area contributed by atoms with Gasteiger partial charge < -0.3 is 0 Å². The largest absolute Gasteiger partial charge is 0.267 e. The average molecular weight is 160 g/mol. The molecule has 1 aliphatic rings. The van der Waals surface area contributed by atoms with Crippen LogP contribution in [0.2, 0.25) is 0 Å². The molecule has 0 fully saturated rings. The minimum atomic E-state index is 0.899. The molecule has 0 bridgehead atoms. The predicted octanol–water partition coefficient (Wildman–Crippen LogP) is 2.63. The molecule has 1 heteroatoms. The third-order valence-electron chi connectivity index (χ3n) is 2.79. The van der Waals surface area contributed by atoms with Gasteiger partial charge in [-0.05, 0) is 6.07 Å². The Hall–Kier alpha value is -1.08. The summed E-state index contributed by atoms with van der Waals surface area (Å²) in [7, 11) is 4.44. The highest BCUT2D eigenvalue weighted by Gasteiger charge is 2.29. The van der Waals surface area contributed by atoms with Gasteiger partial charge in [0.05, 0.1) is 14.1 Å². The average Bonchev–Trinajstić information content (AvgIpc) is 2.25. The standard InChI is InChI=1S/C11H14N/c1-9-8-10-6-4-5-7-11(10)12(9,2)3/h4-8H,1-3H3/q+1. The Kier molecular flexibility index (Phi) is 1.39. The quantitative estimate of drug-likeness (QED) is 0.512. The molecule has 2 rings (SSSR count). The van der Waals surface area contributed by atoms with E-state index in [0.29, 0.717) is 0 Å². The lowest BCUT2D eigenvalue weighted by Gasteiger charge is -2.25. The number of para-hydroxylation sites is 1. The van der Waals surface area contributed by atoms with Crippen LogP contribution >= 0.6 is 0 Å². The number of quaternary nitrogens is 1. The summed E-state index contributed by atoms with van der Waals surface area (Å²) in [5.41, 5.74) is 4.16. The van der Waals surface area contributed by atoms with E-state index in [-0.39, 0.29) is 0 Å². The van der Waals surface area contributed by atoms with Gasteiger partial charge in [-0.2, -0.15) is 0 Å². The minimum Gasteiger partial charge on any atom is -0.267 e. The Bertz CT molecular complexity index is 348. The van der Waals surface area contributed by atoms with E-state index in [0.717, 1.165) is 4.48 Å². The monoisotopic (exact) mass is 160 g/mol. The summed E-state index contributed by atoms with van der Waals surface area (Å²) < 4.78 is 0.899. The maximum absolute atomic E-state index is 2.26. The Morgan fingerprint density at radius 1 is 1.08 bits per heavy atom. The fraction of sp³-hybridized carbons (Fsp3) is 0.273.